The highest BCUT2D eigenvalue weighted by Crippen LogP contribution is 2.52. The van der Waals surface area contributed by atoms with Crippen LogP contribution in [-0.2, 0) is 0 Å². The molecule has 5 aromatic carbocycles. The zero-order chi connectivity index (χ0) is 33.0. The van der Waals surface area contributed by atoms with Gasteiger partial charge in [0.1, 0.15) is 11.5 Å². The summed E-state index contributed by atoms with van der Waals surface area (Å²) in [6.45, 7) is 0. The number of rotatable bonds is 5. The predicted octanol–water partition coefficient (Wildman–Crippen LogP) is 10.1. The molecular formula is C44H30N6. The number of nitrogens with zero attached hydrogens (tertiary/aromatic N) is 6. The molecule has 0 amide bonds. The van der Waals surface area contributed by atoms with Crippen molar-refractivity contribution in [1.29, 1.82) is 0 Å². The Morgan fingerprint density at radius 3 is 1.86 bits per heavy atom. The normalized spacial score (nSPS) is 16.2. The first-order valence-corrected chi connectivity index (χ1v) is 16.9. The van der Waals surface area contributed by atoms with Crippen LogP contribution in [0.3, 0.4) is 0 Å². The van der Waals surface area contributed by atoms with E-state index in [0.29, 0.717) is 23.2 Å². The lowest BCUT2D eigenvalue weighted by molar-refractivity contribution is 0.738. The van der Waals surface area contributed by atoms with Gasteiger partial charge in [-0.15, -0.1) is 0 Å². The Morgan fingerprint density at radius 1 is 0.480 bits per heavy atom. The van der Waals surface area contributed by atoms with Gasteiger partial charge in [0.05, 0.1) is 22.8 Å². The summed E-state index contributed by atoms with van der Waals surface area (Å²) in [5.41, 5.74) is 8.48. The maximum Gasteiger partial charge on any atom is 0.182 e. The fourth-order valence-electron chi connectivity index (χ4n) is 7.57. The van der Waals surface area contributed by atoms with Crippen LogP contribution in [0.2, 0.25) is 0 Å². The summed E-state index contributed by atoms with van der Waals surface area (Å²) in [6.07, 6.45) is 8.93. The first kappa shape index (κ1) is 28.4. The minimum absolute atomic E-state index is 0.0590. The number of benzene rings is 5. The van der Waals surface area contributed by atoms with Gasteiger partial charge in [0.15, 0.2) is 17.5 Å². The third kappa shape index (κ3) is 4.49. The van der Waals surface area contributed by atoms with Crippen molar-refractivity contribution in [3.8, 4) is 40.0 Å². The Kier molecular flexibility index (Phi) is 6.52. The van der Waals surface area contributed by atoms with Crippen molar-refractivity contribution in [1.82, 2.24) is 24.5 Å². The molecule has 0 saturated carbocycles. The Balaban J connectivity index is 1.20. The minimum atomic E-state index is 0.0590. The van der Waals surface area contributed by atoms with Crippen molar-refractivity contribution in [2.75, 3.05) is 4.90 Å². The van der Waals surface area contributed by atoms with Gasteiger partial charge in [-0.25, -0.2) is 19.9 Å². The lowest BCUT2D eigenvalue weighted by atomic mass is 9.91. The van der Waals surface area contributed by atoms with Crippen LogP contribution in [0, 0.1) is 0 Å². The molecule has 2 atom stereocenters. The highest BCUT2D eigenvalue weighted by molar-refractivity contribution is 6.15. The van der Waals surface area contributed by atoms with Crippen molar-refractivity contribution in [3.05, 3.63) is 175 Å². The molecule has 50 heavy (non-hydrogen) atoms. The van der Waals surface area contributed by atoms with Gasteiger partial charge in [0.25, 0.3) is 0 Å². The molecule has 0 radical (unpaired) electrons. The van der Waals surface area contributed by atoms with E-state index in [-0.39, 0.29) is 12.0 Å². The average Bonchev–Trinajstić information content (AvgIpc) is 3.72. The second-order valence-electron chi connectivity index (χ2n) is 12.7. The Morgan fingerprint density at radius 2 is 1.12 bits per heavy atom. The number of pyridine rings is 1. The third-order valence-corrected chi connectivity index (χ3v) is 9.77. The summed E-state index contributed by atoms with van der Waals surface area (Å²) >= 11 is 0. The number of allylic oxidation sites excluding steroid dienone is 2. The van der Waals surface area contributed by atoms with Gasteiger partial charge in [-0.1, -0.05) is 140 Å². The van der Waals surface area contributed by atoms with E-state index in [0.717, 1.165) is 22.6 Å². The predicted molar refractivity (Wildman–Crippen MR) is 202 cm³/mol. The van der Waals surface area contributed by atoms with Crippen molar-refractivity contribution < 1.29 is 0 Å². The number of hydrogen-bond donors (Lipinski definition) is 0. The molecule has 3 aromatic heterocycles. The van der Waals surface area contributed by atoms with Gasteiger partial charge < -0.3 is 9.47 Å². The molecule has 0 saturated heterocycles. The molecule has 236 valence electrons. The van der Waals surface area contributed by atoms with Crippen LogP contribution in [0.5, 0.6) is 0 Å². The maximum absolute atomic E-state index is 5.35. The van der Waals surface area contributed by atoms with Crippen LogP contribution < -0.4 is 4.90 Å². The van der Waals surface area contributed by atoms with Crippen LogP contribution in [-0.4, -0.2) is 30.5 Å². The number of anilines is 2. The van der Waals surface area contributed by atoms with Crippen molar-refractivity contribution in [2.45, 2.75) is 12.0 Å². The molecule has 4 heterocycles. The molecule has 0 bridgehead atoms. The molecule has 1 aliphatic carbocycles. The molecule has 0 spiro atoms. The summed E-state index contributed by atoms with van der Waals surface area (Å²) in [4.78, 5) is 22.7. The summed E-state index contributed by atoms with van der Waals surface area (Å²) in [6, 6.07) is 50.3. The lowest BCUT2D eigenvalue weighted by Crippen LogP contribution is -2.29. The van der Waals surface area contributed by atoms with Crippen LogP contribution in [0.1, 0.15) is 11.5 Å². The molecule has 0 fully saturated rings. The highest BCUT2D eigenvalue weighted by atomic mass is 15.3. The zero-order valence-electron chi connectivity index (χ0n) is 27.0. The van der Waals surface area contributed by atoms with E-state index in [1.54, 1.807) is 0 Å². The molecule has 2 unspecified atom stereocenters. The van der Waals surface area contributed by atoms with Crippen LogP contribution >= 0.6 is 0 Å². The highest BCUT2D eigenvalue weighted by Gasteiger charge is 2.40. The maximum atomic E-state index is 5.35. The van der Waals surface area contributed by atoms with E-state index in [2.05, 4.69) is 113 Å². The van der Waals surface area contributed by atoms with Crippen molar-refractivity contribution in [3.63, 3.8) is 0 Å². The largest absolute Gasteiger partial charge is 0.316 e. The fraction of sp³-hybridized carbons (Fsp3) is 0.0455. The molecule has 6 heteroatoms. The first-order valence-electron chi connectivity index (χ1n) is 16.9. The summed E-state index contributed by atoms with van der Waals surface area (Å²) in [7, 11) is 0. The smallest absolute Gasteiger partial charge is 0.182 e. The van der Waals surface area contributed by atoms with Gasteiger partial charge in [0.2, 0.25) is 0 Å². The number of hydrogen-bond acceptors (Lipinski definition) is 5. The lowest BCUT2D eigenvalue weighted by Gasteiger charge is -2.28. The standard InChI is InChI=1S/C44H30N6/c1-4-15-29(16-5-1)42-46-43(30-17-6-2-7-18-30)48-44(47-42)36-23-14-26-39(45-36)50-38-25-13-11-22-33(38)35-28-27-34-32-21-10-12-24-37(32)49(40(34)41(35)50)31-19-8-3-9-20-31/h1-28,33,38H. The Bertz CT molecular complexity index is 2550. The second kappa shape index (κ2) is 11.5. The summed E-state index contributed by atoms with van der Waals surface area (Å²) < 4.78 is 2.41. The average molecular weight is 643 g/mol. The third-order valence-electron chi connectivity index (χ3n) is 9.77. The number of fused-ring (bicyclic) bond motifs is 7. The molecule has 10 rings (SSSR count). The first-order chi connectivity index (χ1) is 24.8. The van der Waals surface area contributed by atoms with Crippen molar-refractivity contribution in [2.24, 2.45) is 0 Å². The van der Waals surface area contributed by atoms with Gasteiger partial charge in [-0.05, 0) is 35.9 Å². The zero-order valence-corrected chi connectivity index (χ0v) is 27.0. The van der Waals surface area contributed by atoms with Gasteiger partial charge >= 0.3 is 0 Å². The van der Waals surface area contributed by atoms with E-state index in [1.807, 2.05) is 66.7 Å². The topological polar surface area (TPSA) is 59.7 Å². The van der Waals surface area contributed by atoms with E-state index >= 15 is 0 Å². The SMILES string of the molecule is C1=CC2c3ccc4c5ccccc5n(-c5ccccc5)c4c3N(c3cccc(-c4nc(-c5ccccc5)nc(-c5ccccc5)n4)n3)C2C=C1. The molecule has 8 aromatic rings. The van der Waals surface area contributed by atoms with E-state index in [9.17, 15) is 0 Å². The Hall–Kier alpha value is -6.66. The molecule has 1 aliphatic heterocycles. The van der Waals surface area contributed by atoms with Gasteiger partial charge in [0, 0.05) is 33.5 Å². The molecule has 6 nitrogen and oxygen atoms in total. The van der Waals surface area contributed by atoms with E-state index in [4.69, 9.17) is 19.9 Å². The number of para-hydroxylation sites is 2. The fourth-order valence-corrected chi connectivity index (χ4v) is 7.57. The summed E-state index contributed by atoms with van der Waals surface area (Å²) in [5, 5.41) is 2.44. The van der Waals surface area contributed by atoms with Crippen LogP contribution in [0.4, 0.5) is 11.5 Å². The van der Waals surface area contributed by atoms with E-state index in [1.165, 1.54) is 33.1 Å². The van der Waals surface area contributed by atoms with E-state index < -0.39 is 0 Å². The molecule has 0 N–H and O–H groups in total. The second-order valence-corrected chi connectivity index (χ2v) is 12.7. The minimum Gasteiger partial charge on any atom is -0.316 e. The quantitative estimate of drug-likeness (QED) is 0.187. The van der Waals surface area contributed by atoms with Crippen molar-refractivity contribution >= 4 is 33.3 Å². The summed E-state index contributed by atoms with van der Waals surface area (Å²) in [5.74, 6) is 2.78. The van der Waals surface area contributed by atoms with Crippen LogP contribution in [0.25, 0.3) is 61.8 Å². The molecule has 2 aliphatic rings. The Labute approximate surface area is 289 Å². The monoisotopic (exact) mass is 642 g/mol. The number of aromatic nitrogens is 5. The van der Waals surface area contributed by atoms with Crippen LogP contribution in [0.15, 0.2) is 170 Å². The molecular weight excluding hydrogens is 613 g/mol. The van der Waals surface area contributed by atoms with Gasteiger partial charge in [-0.3, -0.25) is 0 Å². The van der Waals surface area contributed by atoms with Gasteiger partial charge in [-0.2, -0.15) is 0 Å².